The lowest BCUT2D eigenvalue weighted by Gasteiger charge is -2.21. The Labute approximate surface area is 85.4 Å². The van der Waals surface area contributed by atoms with Crippen LogP contribution < -0.4 is 5.73 Å². The number of ether oxygens (including phenoxy) is 1. The fraction of sp³-hybridized carbons (Fsp3) is 0.900. The largest absolute Gasteiger partial charge is 0.443 e. The highest BCUT2D eigenvalue weighted by Crippen LogP contribution is 2.20. The molecule has 1 unspecified atom stereocenters. The Morgan fingerprint density at radius 3 is 2.64 bits per heavy atom. The van der Waals surface area contributed by atoms with E-state index in [1.807, 2.05) is 0 Å². The zero-order valence-corrected chi connectivity index (χ0v) is 9.25. The minimum absolute atomic E-state index is 0.109. The van der Waals surface area contributed by atoms with Crippen molar-refractivity contribution in [2.45, 2.75) is 33.3 Å². The van der Waals surface area contributed by atoms with Crippen LogP contribution >= 0.6 is 0 Å². The van der Waals surface area contributed by atoms with Crippen LogP contribution in [0.15, 0.2) is 0 Å². The van der Waals surface area contributed by atoms with E-state index in [9.17, 15) is 4.79 Å². The van der Waals surface area contributed by atoms with E-state index >= 15 is 0 Å². The van der Waals surface area contributed by atoms with Gasteiger partial charge in [0, 0.05) is 13.1 Å². The average Bonchev–Trinajstić information content (AvgIpc) is 2.42. The van der Waals surface area contributed by atoms with Crippen LogP contribution in [0.3, 0.4) is 0 Å². The summed E-state index contributed by atoms with van der Waals surface area (Å²) in [6.07, 6.45) is 0.659. The molecular weight excluding hydrogens is 180 g/mol. The number of hydrogen-bond donors (Lipinski definition) is 1. The van der Waals surface area contributed by atoms with Gasteiger partial charge in [-0.2, -0.15) is 0 Å². The third kappa shape index (κ3) is 3.18. The van der Waals surface area contributed by atoms with Crippen LogP contribution in [0.4, 0.5) is 4.79 Å². The molecule has 4 nitrogen and oxygen atoms in total. The SMILES string of the molecule is CC(C)(C)CCN1CC(CN)OC1=O. The summed E-state index contributed by atoms with van der Waals surface area (Å²) in [5, 5.41) is 0. The summed E-state index contributed by atoms with van der Waals surface area (Å²) in [5.41, 5.74) is 5.69. The van der Waals surface area contributed by atoms with Crippen molar-refractivity contribution in [2.24, 2.45) is 11.1 Å². The molecule has 1 aliphatic rings. The number of rotatable bonds is 3. The smallest absolute Gasteiger partial charge is 0.410 e. The van der Waals surface area contributed by atoms with Gasteiger partial charge >= 0.3 is 6.09 Å². The second kappa shape index (κ2) is 4.17. The predicted octanol–water partition coefficient (Wildman–Crippen LogP) is 1.20. The molecule has 0 bridgehead atoms. The molecule has 0 aromatic carbocycles. The monoisotopic (exact) mass is 200 g/mol. The van der Waals surface area contributed by atoms with Crippen LogP contribution in [0, 0.1) is 5.41 Å². The van der Waals surface area contributed by atoms with Crippen LogP contribution in [0.25, 0.3) is 0 Å². The fourth-order valence-corrected chi connectivity index (χ4v) is 1.35. The predicted molar refractivity (Wildman–Crippen MR) is 55.0 cm³/mol. The lowest BCUT2D eigenvalue weighted by molar-refractivity contribution is 0.133. The Bertz CT molecular complexity index is 211. The van der Waals surface area contributed by atoms with Crippen molar-refractivity contribution in [3.8, 4) is 0 Å². The van der Waals surface area contributed by atoms with Gasteiger partial charge < -0.3 is 15.4 Å². The van der Waals surface area contributed by atoms with E-state index in [0.29, 0.717) is 13.1 Å². The molecule has 0 aromatic rings. The van der Waals surface area contributed by atoms with Gasteiger partial charge in [0.25, 0.3) is 0 Å². The normalized spacial score (nSPS) is 22.7. The molecule has 2 N–H and O–H groups in total. The van der Waals surface area contributed by atoms with Crippen molar-refractivity contribution >= 4 is 6.09 Å². The van der Waals surface area contributed by atoms with Gasteiger partial charge in [0.15, 0.2) is 0 Å². The molecule has 0 spiro atoms. The van der Waals surface area contributed by atoms with Crippen molar-refractivity contribution < 1.29 is 9.53 Å². The number of carbonyl (C=O) groups is 1. The van der Waals surface area contributed by atoms with Gasteiger partial charge in [-0.05, 0) is 11.8 Å². The van der Waals surface area contributed by atoms with Gasteiger partial charge in [-0.25, -0.2) is 4.79 Å². The maximum Gasteiger partial charge on any atom is 0.410 e. The molecular formula is C10H20N2O2. The summed E-state index contributed by atoms with van der Waals surface area (Å²) in [4.78, 5) is 13.0. The molecule has 1 amide bonds. The number of amides is 1. The van der Waals surface area contributed by atoms with E-state index in [1.165, 1.54) is 0 Å². The first-order valence-corrected chi connectivity index (χ1v) is 5.08. The van der Waals surface area contributed by atoms with Crippen LogP contribution in [-0.4, -0.2) is 36.7 Å². The summed E-state index contributed by atoms with van der Waals surface area (Å²) in [6, 6.07) is 0. The maximum atomic E-state index is 11.3. The van der Waals surface area contributed by atoms with Crippen molar-refractivity contribution in [2.75, 3.05) is 19.6 Å². The van der Waals surface area contributed by atoms with Gasteiger partial charge in [-0.15, -0.1) is 0 Å². The van der Waals surface area contributed by atoms with Crippen LogP contribution in [0.1, 0.15) is 27.2 Å². The number of cyclic esters (lactones) is 1. The quantitative estimate of drug-likeness (QED) is 0.744. The van der Waals surface area contributed by atoms with E-state index in [0.717, 1.165) is 13.0 Å². The van der Waals surface area contributed by atoms with E-state index < -0.39 is 0 Å². The maximum absolute atomic E-state index is 11.3. The van der Waals surface area contributed by atoms with Crippen molar-refractivity contribution in [1.82, 2.24) is 4.90 Å². The van der Waals surface area contributed by atoms with Crippen molar-refractivity contribution in [1.29, 1.82) is 0 Å². The number of nitrogens with zero attached hydrogens (tertiary/aromatic N) is 1. The molecule has 1 fully saturated rings. The number of hydrogen-bond acceptors (Lipinski definition) is 3. The zero-order valence-electron chi connectivity index (χ0n) is 9.25. The van der Waals surface area contributed by atoms with Crippen LogP contribution in [0.2, 0.25) is 0 Å². The third-order valence-electron chi connectivity index (χ3n) is 2.34. The molecule has 1 rings (SSSR count). The summed E-state index contributed by atoms with van der Waals surface area (Å²) in [7, 11) is 0. The molecule has 0 aromatic heterocycles. The molecule has 1 saturated heterocycles. The second-order valence-electron chi connectivity index (χ2n) is 5.00. The van der Waals surface area contributed by atoms with Gasteiger partial charge in [0.2, 0.25) is 0 Å². The molecule has 0 aliphatic carbocycles. The van der Waals surface area contributed by atoms with E-state index in [1.54, 1.807) is 4.90 Å². The Hall–Kier alpha value is -0.770. The zero-order chi connectivity index (χ0) is 10.8. The minimum atomic E-state index is -0.218. The van der Waals surface area contributed by atoms with Gasteiger partial charge in [0.1, 0.15) is 6.10 Å². The van der Waals surface area contributed by atoms with Gasteiger partial charge in [-0.3, -0.25) is 0 Å². The Kier molecular flexibility index (Phi) is 3.37. The van der Waals surface area contributed by atoms with E-state index in [-0.39, 0.29) is 17.6 Å². The summed E-state index contributed by atoms with van der Waals surface area (Å²) >= 11 is 0. The Morgan fingerprint density at radius 1 is 1.57 bits per heavy atom. The van der Waals surface area contributed by atoms with Crippen LogP contribution in [0.5, 0.6) is 0 Å². The molecule has 0 radical (unpaired) electrons. The Balaban J connectivity index is 2.36. The summed E-state index contributed by atoms with van der Waals surface area (Å²) in [5.74, 6) is 0. The standard InChI is InChI=1S/C10H20N2O2/c1-10(2,3)4-5-12-7-8(6-11)14-9(12)13/h8H,4-7,11H2,1-3H3. The fourth-order valence-electron chi connectivity index (χ4n) is 1.35. The molecule has 0 saturated carbocycles. The number of carbonyl (C=O) groups excluding carboxylic acids is 1. The molecule has 14 heavy (non-hydrogen) atoms. The molecule has 1 atom stereocenters. The first-order valence-electron chi connectivity index (χ1n) is 5.08. The van der Waals surface area contributed by atoms with E-state index in [2.05, 4.69) is 20.8 Å². The molecule has 1 heterocycles. The second-order valence-corrected chi connectivity index (χ2v) is 5.00. The van der Waals surface area contributed by atoms with Gasteiger partial charge in [-0.1, -0.05) is 20.8 Å². The average molecular weight is 200 g/mol. The first kappa shape index (κ1) is 11.3. The van der Waals surface area contributed by atoms with Crippen molar-refractivity contribution in [3.05, 3.63) is 0 Å². The molecule has 4 heteroatoms. The molecule has 82 valence electrons. The lowest BCUT2D eigenvalue weighted by atomic mass is 9.92. The lowest BCUT2D eigenvalue weighted by Crippen LogP contribution is -2.30. The highest BCUT2D eigenvalue weighted by molar-refractivity contribution is 5.69. The minimum Gasteiger partial charge on any atom is -0.443 e. The Morgan fingerprint density at radius 2 is 2.21 bits per heavy atom. The van der Waals surface area contributed by atoms with Gasteiger partial charge in [0.05, 0.1) is 6.54 Å². The van der Waals surface area contributed by atoms with E-state index in [4.69, 9.17) is 10.5 Å². The van der Waals surface area contributed by atoms with Crippen LogP contribution in [-0.2, 0) is 4.74 Å². The third-order valence-corrected chi connectivity index (χ3v) is 2.34. The first-order chi connectivity index (χ1) is 6.42. The topological polar surface area (TPSA) is 55.6 Å². The summed E-state index contributed by atoms with van der Waals surface area (Å²) < 4.78 is 5.05. The number of nitrogens with two attached hydrogens (primary N) is 1. The van der Waals surface area contributed by atoms with Crippen molar-refractivity contribution in [3.63, 3.8) is 0 Å². The highest BCUT2D eigenvalue weighted by atomic mass is 16.6. The molecule has 1 aliphatic heterocycles. The summed E-state index contributed by atoms with van der Waals surface area (Å²) in [6.45, 7) is 8.31. The highest BCUT2D eigenvalue weighted by Gasteiger charge is 2.30.